The molecule has 0 aliphatic heterocycles. The summed E-state index contributed by atoms with van der Waals surface area (Å²) < 4.78 is 0. The molecule has 5 rings (SSSR count). The fourth-order valence-electron chi connectivity index (χ4n) is 6.13. The Morgan fingerprint density at radius 2 is 0.922 bits per heavy atom. The number of nitrogens with one attached hydrogen (secondary N) is 4. The number of azo groups is 2. The van der Waals surface area contributed by atoms with Crippen LogP contribution in [0.25, 0.3) is 0 Å². The third-order valence-electron chi connectivity index (χ3n) is 9.36. The van der Waals surface area contributed by atoms with Crippen molar-refractivity contribution in [2.24, 2.45) is 20.5 Å². The lowest BCUT2D eigenvalue weighted by atomic mass is 10.1. The molecule has 4 amide bonds. The topological polar surface area (TPSA) is 200 Å². The molecule has 5 aromatic rings. The quantitative estimate of drug-likeness (QED) is 0.0382. The van der Waals surface area contributed by atoms with Crippen molar-refractivity contribution in [2.75, 3.05) is 33.0 Å². The van der Waals surface area contributed by atoms with E-state index in [0.717, 1.165) is 11.1 Å². The van der Waals surface area contributed by atoms with E-state index in [1.165, 1.54) is 50.2 Å². The van der Waals surface area contributed by atoms with E-state index in [1.807, 2.05) is 24.3 Å². The van der Waals surface area contributed by atoms with Crippen LogP contribution in [0.4, 0.5) is 34.1 Å². The normalized spacial score (nSPS) is 12.1. The van der Waals surface area contributed by atoms with Gasteiger partial charge in [-0.15, -0.1) is 23.2 Å². The smallest absolute Gasteiger partial charge is 0.258 e. The maximum Gasteiger partial charge on any atom is 0.258 e. The maximum absolute atomic E-state index is 13.4. The van der Waals surface area contributed by atoms with Crippen LogP contribution < -0.4 is 21.3 Å². The van der Waals surface area contributed by atoms with Gasteiger partial charge in [0.2, 0.25) is 12.1 Å². The van der Waals surface area contributed by atoms with E-state index in [9.17, 15) is 28.8 Å². The minimum atomic E-state index is -1.56. The molecule has 5 aromatic carbocycles. The lowest BCUT2D eigenvalue weighted by molar-refractivity contribution is -0.127. The van der Waals surface area contributed by atoms with E-state index in [0.29, 0.717) is 58.5 Å². The highest BCUT2D eigenvalue weighted by Crippen LogP contribution is 2.28. The van der Waals surface area contributed by atoms with E-state index in [2.05, 4.69) is 41.7 Å². The first-order chi connectivity index (χ1) is 30.5. The Balaban J connectivity index is 1.25. The van der Waals surface area contributed by atoms with Crippen molar-refractivity contribution in [3.05, 3.63) is 140 Å². The van der Waals surface area contributed by atoms with Gasteiger partial charge < -0.3 is 21.3 Å². The second-order valence-electron chi connectivity index (χ2n) is 14.5. The number of nitrogens with zero attached hydrogens (tertiary/aromatic N) is 4. The summed E-state index contributed by atoms with van der Waals surface area (Å²) in [6.07, 6.45) is 1.26. The van der Waals surface area contributed by atoms with Gasteiger partial charge in [-0.25, -0.2) is 0 Å². The average molecular weight is 945 g/mol. The largest absolute Gasteiger partial charge is 0.324 e. The molecule has 18 heteroatoms. The summed E-state index contributed by atoms with van der Waals surface area (Å²) in [4.78, 5) is 78.3. The van der Waals surface area contributed by atoms with Crippen LogP contribution in [0, 0.1) is 13.8 Å². The molecule has 0 aliphatic carbocycles. The molecule has 0 aromatic heterocycles. The number of amides is 4. The molecular formula is C46H42Cl4N8O6. The van der Waals surface area contributed by atoms with Crippen LogP contribution in [-0.4, -0.2) is 59.0 Å². The highest BCUT2D eigenvalue weighted by Gasteiger charge is 2.26. The lowest BCUT2D eigenvalue weighted by Crippen LogP contribution is -2.32. The third kappa shape index (κ3) is 13.8. The highest BCUT2D eigenvalue weighted by atomic mass is 35.5. The summed E-state index contributed by atoms with van der Waals surface area (Å²) in [5.41, 5.74) is 5.21. The van der Waals surface area contributed by atoms with Crippen LogP contribution in [-0.2, 0) is 32.0 Å². The third-order valence-corrected chi connectivity index (χ3v) is 10.2. The van der Waals surface area contributed by atoms with Crippen molar-refractivity contribution in [1.82, 2.24) is 0 Å². The van der Waals surface area contributed by atoms with Crippen molar-refractivity contribution in [3.63, 3.8) is 0 Å². The Kier molecular flexibility index (Phi) is 17.4. The molecule has 14 nitrogen and oxygen atoms in total. The minimum absolute atomic E-state index is 0.129. The molecule has 0 aliphatic rings. The molecule has 2 atom stereocenters. The molecule has 64 heavy (non-hydrogen) atoms. The minimum Gasteiger partial charge on any atom is -0.324 e. The molecule has 0 heterocycles. The molecule has 0 radical (unpaired) electrons. The number of anilines is 4. The number of halogens is 4. The van der Waals surface area contributed by atoms with Crippen molar-refractivity contribution < 1.29 is 28.8 Å². The SMILES string of the molecule is CC(=O)C(N=Nc1cc(Cl)cc(C(=O)Nc2cccc(CCCl)c2)c1)C(=O)Nc1cc(C)c(NC(=O)C(N=Nc2cc(Cl)cc(C(=O)Nc3cccc(CCCl)c3)c2)C(C)=O)cc1C. The van der Waals surface area contributed by atoms with Gasteiger partial charge in [0, 0.05) is 55.7 Å². The molecule has 0 spiro atoms. The number of ketones is 2. The first-order valence-electron chi connectivity index (χ1n) is 19.6. The van der Waals surface area contributed by atoms with Gasteiger partial charge in [0.25, 0.3) is 23.6 Å². The monoisotopic (exact) mass is 942 g/mol. The fraction of sp³-hybridized carbons (Fsp3) is 0.217. The fourth-order valence-corrected chi connectivity index (χ4v) is 7.03. The van der Waals surface area contributed by atoms with E-state index >= 15 is 0 Å². The number of hydrogen-bond donors (Lipinski definition) is 4. The molecule has 2 unspecified atom stereocenters. The van der Waals surface area contributed by atoms with Gasteiger partial charge in [-0.1, -0.05) is 47.5 Å². The Hall–Kier alpha value is -6.32. The van der Waals surface area contributed by atoms with Crippen molar-refractivity contribution >= 4 is 116 Å². The lowest BCUT2D eigenvalue weighted by Gasteiger charge is -2.16. The van der Waals surface area contributed by atoms with Gasteiger partial charge in [0.1, 0.15) is 0 Å². The maximum atomic E-state index is 13.4. The van der Waals surface area contributed by atoms with Crippen LogP contribution in [0.3, 0.4) is 0 Å². The molecule has 0 saturated carbocycles. The summed E-state index contributed by atoms with van der Waals surface area (Å²) in [6.45, 7) is 5.69. The van der Waals surface area contributed by atoms with Crippen LogP contribution in [0.1, 0.15) is 56.8 Å². The summed E-state index contributed by atoms with van der Waals surface area (Å²) in [5.74, 6) is -2.87. The van der Waals surface area contributed by atoms with Gasteiger partial charge in [0.15, 0.2) is 11.6 Å². The van der Waals surface area contributed by atoms with Gasteiger partial charge in [0.05, 0.1) is 11.4 Å². The summed E-state index contributed by atoms with van der Waals surface area (Å²) in [5, 5.41) is 27.5. The molecule has 4 N–H and O–H groups in total. The van der Waals surface area contributed by atoms with Gasteiger partial charge in [-0.3, -0.25) is 28.8 Å². The van der Waals surface area contributed by atoms with E-state index < -0.39 is 47.3 Å². The van der Waals surface area contributed by atoms with Crippen LogP contribution in [0.2, 0.25) is 10.0 Å². The zero-order valence-corrected chi connectivity index (χ0v) is 38.0. The van der Waals surface area contributed by atoms with E-state index in [1.54, 1.807) is 50.2 Å². The zero-order valence-electron chi connectivity index (χ0n) is 35.0. The Morgan fingerprint density at radius 1 is 0.531 bits per heavy atom. The van der Waals surface area contributed by atoms with Crippen LogP contribution >= 0.6 is 46.4 Å². The zero-order chi connectivity index (χ0) is 46.5. The number of benzene rings is 5. The Bertz CT molecular complexity index is 2490. The number of Topliss-reactive ketones (excluding diaryl/α,β-unsaturated/α-hetero) is 2. The predicted octanol–water partition coefficient (Wildman–Crippen LogP) is 11.0. The van der Waals surface area contributed by atoms with Gasteiger partial charge in [-0.2, -0.15) is 20.5 Å². The van der Waals surface area contributed by atoms with E-state index in [4.69, 9.17) is 46.4 Å². The Labute approximate surface area is 389 Å². The van der Waals surface area contributed by atoms with Crippen molar-refractivity contribution in [2.45, 2.75) is 52.6 Å². The summed E-state index contributed by atoms with van der Waals surface area (Å²) in [6, 6.07) is 23.1. The molecular weight excluding hydrogens is 902 g/mol. The van der Waals surface area contributed by atoms with E-state index in [-0.39, 0.29) is 32.5 Å². The van der Waals surface area contributed by atoms with Gasteiger partial charge in [-0.05, 0) is 136 Å². The number of aryl methyl sites for hydroxylation is 4. The summed E-state index contributed by atoms with van der Waals surface area (Å²) >= 11 is 24.3. The second-order valence-corrected chi connectivity index (χ2v) is 16.1. The first-order valence-corrected chi connectivity index (χ1v) is 21.4. The molecule has 0 saturated heterocycles. The summed E-state index contributed by atoms with van der Waals surface area (Å²) in [7, 11) is 0. The number of alkyl halides is 2. The van der Waals surface area contributed by atoms with Crippen molar-refractivity contribution in [1.29, 1.82) is 0 Å². The van der Waals surface area contributed by atoms with Crippen LogP contribution in [0.5, 0.6) is 0 Å². The Morgan fingerprint density at radius 3 is 1.28 bits per heavy atom. The molecule has 0 fully saturated rings. The first kappa shape index (κ1) is 48.7. The predicted molar refractivity (Wildman–Crippen MR) is 252 cm³/mol. The van der Waals surface area contributed by atoms with Crippen LogP contribution in [0.15, 0.2) is 118 Å². The highest BCUT2D eigenvalue weighted by molar-refractivity contribution is 6.31. The number of rotatable bonds is 18. The second kappa shape index (κ2) is 22.9. The number of hydrogen-bond acceptors (Lipinski definition) is 10. The number of carbonyl (C=O) groups is 6. The molecule has 330 valence electrons. The standard InChI is InChI=1S/C46H42Cl4N8O6/c1-25-15-40(54-46(64)42(28(4)60)58-56-38-22-32(20-34(50)24-38)44(62)52-36-10-6-8-30(18-36)12-14-48)26(2)16-39(25)53-45(63)41(27(3)59)57-55-37-21-31(19-33(49)23-37)43(61)51-35-9-5-7-29(17-35)11-13-47/h5-10,15-24,41-42H,11-14H2,1-4H3,(H,51,61)(H,52,62)(H,53,63)(H,54,64). The van der Waals surface area contributed by atoms with Crippen molar-refractivity contribution in [3.8, 4) is 0 Å². The number of carbonyl (C=O) groups excluding carboxylic acids is 6. The molecule has 0 bridgehead atoms. The average Bonchev–Trinajstić information content (AvgIpc) is 3.22. The van der Waals surface area contributed by atoms with Gasteiger partial charge >= 0.3 is 0 Å².